The second-order valence-electron chi connectivity index (χ2n) is 7.46. The Labute approximate surface area is 170 Å². The fourth-order valence-corrected chi connectivity index (χ4v) is 4.42. The van der Waals surface area contributed by atoms with E-state index in [1.165, 1.54) is 11.1 Å². The van der Waals surface area contributed by atoms with Crippen molar-refractivity contribution in [3.05, 3.63) is 76.8 Å². The van der Waals surface area contributed by atoms with Crippen molar-refractivity contribution in [2.45, 2.75) is 32.4 Å². The molecule has 4 rings (SSSR count). The van der Waals surface area contributed by atoms with Gasteiger partial charge in [0, 0.05) is 36.6 Å². The van der Waals surface area contributed by atoms with E-state index in [0.29, 0.717) is 6.42 Å². The Bertz CT molecular complexity index is 921. The topological polar surface area (TPSA) is 45.2 Å². The maximum Gasteiger partial charge on any atom is 0.226 e. The van der Waals surface area contributed by atoms with Crippen molar-refractivity contribution in [2.24, 2.45) is 0 Å². The van der Waals surface area contributed by atoms with Gasteiger partial charge in [-0.15, -0.1) is 11.3 Å². The van der Waals surface area contributed by atoms with E-state index >= 15 is 0 Å². The highest BCUT2D eigenvalue weighted by atomic mass is 32.1. The maximum atomic E-state index is 12.5. The van der Waals surface area contributed by atoms with E-state index in [1.54, 1.807) is 11.3 Å². The first-order chi connectivity index (χ1) is 13.7. The molecule has 1 amide bonds. The minimum absolute atomic E-state index is 0.0623. The predicted molar refractivity (Wildman–Crippen MR) is 114 cm³/mol. The zero-order valence-corrected chi connectivity index (χ0v) is 16.9. The lowest BCUT2D eigenvalue weighted by Gasteiger charge is -2.16. The second-order valence-corrected chi connectivity index (χ2v) is 8.32. The van der Waals surface area contributed by atoms with E-state index in [9.17, 15) is 4.79 Å². The Morgan fingerprint density at radius 1 is 1.18 bits per heavy atom. The third-order valence-electron chi connectivity index (χ3n) is 5.08. The number of carbonyl (C=O) groups excluding carboxylic acids is 1. The van der Waals surface area contributed by atoms with E-state index in [0.717, 1.165) is 42.3 Å². The van der Waals surface area contributed by atoms with Gasteiger partial charge in [0.2, 0.25) is 5.91 Å². The quantitative estimate of drug-likeness (QED) is 0.689. The molecule has 2 heterocycles. The lowest BCUT2D eigenvalue weighted by molar-refractivity contribution is -0.121. The number of amides is 1. The molecule has 0 radical (unpaired) electrons. The molecular weight excluding hydrogens is 366 g/mol. The van der Waals surface area contributed by atoms with Crippen molar-refractivity contribution in [3.63, 3.8) is 0 Å². The monoisotopic (exact) mass is 391 g/mol. The smallest absolute Gasteiger partial charge is 0.226 e. The molecule has 0 unspecified atom stereocenters. The fourth-order valence-electron chi connectivity index (χ4n) is 3.60. The predicted octanol–water partition coefficient (Wildman–Crippen LogP) is 4.05. The van der Waals surface area contributed by atoms with Gasteiger partial charge in [0.25, 0.3) is 0 Å². The molecule has 1 aliphatic heterocycles. The van der Waals surface area contributed by atoms with Crippen molar-refractivity contribution in [1.29, 1.82) is 0 Å². The number of benzene rings is 2. The third-order valence-corrected chi connectivity index (χ3v) is 6.02. The molecule has 1 N–H and O–H groups in total. The zero-order chi connectivity index (χ0) is 19.3. The van der Waals surface area contributed by atoms with Crippen molar-refractivity contribution in [3.8, 4) is 10.6 Å². The van der Waals surface area contributed by atoms with Crippen LogP contribution in [0.3, 0.4) is 0 Å². The minimum Gasteiger partial charge on any atom is -0.352 e. The summed E-state index contributed by atoms with van der Waals surface area (Å²) in [5.74, 6) is 0.0623. The van der Waals surface area contributed by atoms with E-state index < -0.39 is 0 Å². The van der Waals surface area contributed by atoms with Crippen molar-refractivity contribution in [2.75, 3.05) is 13.1 Å². The van der Waals surface area contributed by atoms with Gasteiger partial charge in [0.1, 0.15) is 5.01 Å². The van der Waals surface area contributed by atoms with Gasteiger partial charge >= 0.3 is 0 Å². The van der Waals surface area contributed by atoms with Crippen LogP contribution in [0.25, 0.3) is 10.6 Å². The summed E-state index contributed by atoms with van der Waals surface area (Å²) in [6.45, 7) is 4.95. The van der Waals surface area contributed by atoms with Gasteiger partial charge < -0.3 is 5.32 Å². The largest absolute Gasteiger partial charge is 0.352 e. The van der Waals surface area contributed by atoms with Crippen LogP contribution >= 0.6 is 11.3 Å². The summed E-state index contributed by atoms with van der Waals surface area (Å²) in [5, 5.41) is 6.14. The fraction of sp³-hybridized carbons (Fsp3) is 0.304. The summed E-state index contributed by atoms with van der Waals surface area (Å²) in [6, 6.07) is 19.1. The summed E-state index contributed by atoms with van der Waals surface area (Å²) in [7, 11) is 0. The Hall–Kier alpha value is -2.50. The highest BCUT2D eigenvalue weighted by Gasteiger charge is 2.24. The van der Waals surface area contributed by atoms with E-state index in [4.69, 9.17) is 0 Å². The number of aromatic nitrogens is 1. The van der Waals surface area contributed by atoms with Crippen LogP contribution in [0, 0.1) is 6.92 Å². The molecule has 1 fully saturated rings. The van der Waals surface area contributed by atoms with Crippen molar-refractivity contribution < 1.29 is 4.79 Å². The number of nitrogens with zero attached hydrogens (tertiary/aromatic N) is 2. The molecule has 3 aromatic rings. The number of nitrogens with one attached hydrogen (secondary N) is 1. The van der Waals surface area contributed by atoms with Crippen LogP contribution in [0.1, 0.15) is 23.2 Å². The van der Waals surface area contributed by atoms with Gasteiger partial charge in [0.05, 0.1) is 12.1 Å². The standard InChI is InChI=1S/C23H25N3OS/c1-17-7-9-19(10-8-17)23-25-21(16-28-23)13-22(27)24-20-11-12-26(15-20)14-18-5-3-2-4-6-18/h2-10,16,20H,11-15H2,1H3,(H,24,27)/t20-/m0/s1. The molecule has 0 spiro atoms. The van der Waals surface area contributed by atoms with Gasteiger partial charge in [-0.1, -0.05) is 60.2 Å². The second kappa shape index (κ2) is 8.67. The summed E-state index contributed by atoms with van der Waals surface area (Å²) in [6.07, 6.45) is 1.35. The van der Waals surface area contributed by atoms with Crippen LogP contribution in [0.4, 0.5) is 0 Å². The van der Waals surface area contributed by atoms with E-state index in [2.05, 4.69) is 70.7 Å². The number of carbonyl (C=O) groups is 1. The van der Waals surface area contributed by atoms with E-state index in [-0.39, 0.29) is 11.9 Å². The van der Waals surface area contributed by atoms with Crippen LogP contribution < -0.4 is 5.32 Å². The molecule has 5 heteroatoms. The third kappa shape index (κ3) is 4.86. The van der Waals surface area contributed by atoms with Gasteiger partial charge in [-0.25, -0.2) is 4.98 Å². The highest BCUT2D eigenvalue weighted by Crippen LogP contribution is 2.24. The van der Waals surface area contributed by atoms with Gasteiger partial charge in [-0.05, 0) is 18.9 Å². The molecule has 28 heavy (non-hydrogen) atoms. The number of likely N-dealkylation sites (tertiary alicyclic amines) is 1. The Balaban J connectivity index is 1.27. The first kappa shape index (κ1) is 18.8. The first-order valence-corrected chi connectivity index (χ1v) is 10.6. The lowest BCUT2D eigenvalue weighted by Crippen LogP contribution is -2.37. The number of thiazole rings is 1. The number of aryl methyl sites for hydroxylation is 1. The van der Waals surface area contributed by atoms with E-state index in [1.807, 2.05) is 11.4 Å². The normalized spacial score (nSPS) is 17.0. The van der Waals surface area contributed by atoms with Crippen LogP contribution in [-0.4, -0.2) is 34.9 Å². The van der Waals surface area contributed by atoms with Crippen molar-refractivity contribution >= 4 is 17.2 Å². The molecule has 144 valence electrons. The van der Waals surface area contributed by atoms with Crippen LogP contribution in [0.5, 0.6) is 0 Å². The Kier molecular flexibility index (Phi) is 5.84. The molecule has 0 saturated carbocycles. The molecule has 1 atom stereocenters. The molecule has 1 saturated heterocycles. The minimum atomic E-state index is 0.0623. The number of hydrogen-bond acceptors (Lipinski definition) is 4. The summed E-state index contributed by atoms with van der Waals surface area (Å²) in [5.41, 5.74) is 4.50. The Morgan fingerprint density at radius 2 is 1.96 bits per heavy atom. The molecule has 1 aliphatic rings. The molecule has 2 aromatic carbocycles. The number of hydrogen-bond donors (Lipinski definition) is 1. The molecule has 4 nitrogen and oxygen atoms in total. The first-order valence-electron chi connectivity index (χ1n) is 9.73. The average molecular weight is 392 g/mol. The average Bonchev–Trinajstić information content (AvgIpc) is 3.33. The van der Waals surface area contributed by atoms with Crippen LogP contribution in [0.15, 0.2) is 60.0 Å². The molecule has 0 bridgehead atoms. The molecular formula is C23H25N3OS. The molecule has 1 aromatic heterocycles. The zero-order valence-electron chi connectivity index (χ0n) is 16.1. The summed E-state index contributed by atoms with van der Waals surface area (Å²) in [4.78, 5) is 19.5. The van der Waals surface area contributed by atoms with Crippen LogP contribution in [0.2, 0.25) is 0 Å². The Morgan fingerprint density at radius 3 is 2.75 bits per heavy atom. The van der Waals surface area contributed by atoms with Gasteiger partial charge in [-0.3, -0.25) is 9.69 Å². The molecule has 0 aliphatic carbocycles. The van der Waals surface area contributed by atoms with Crippen LogP contribution in [-0.2, 0) is 17.8 Å². The van der Waals surface area contributed by atoms with Crippen molar-refractivity contribution in [1.82, 2.24) is 15.2 Å². The van der Waals surface area contributed by atoms with Gasteiger partial charge in [-0.2, -0.15) is 0 Å². The number of rotatable bonds is 6. The van der Waals surface area contributed by atoms with Gasteiger partial charge in [0.15, 0.2) is 0 Å². The highest BCUT2D eigenvalue weighted by molar-refractivity contribution is 7.13. The SMILES string of the molecule is Cc1ccc(-c2nc(CC(=O)N[C@H]3CCN(Cc4ccccc4)C3)cs2)cc1. The lowest BCUT2D eigenvalue weighted by atomic mass is 10.2. The maximum absolute atomic E-state index is 12.5. The summed E-state index contributed by atoms with van der Waals surface area (Å²) >= 11 is 1.60. The summed E-state index contributed by atoms with van der Waals surface area (Å²) < 4.78 is 0.